The molecule has 0 spiro atoms. The van der Waals surface area contributed by atoms with Crippen molar-refractivity contribution in [2.45, 2.75) is 6.42 Å². The predicted molar refractivity (Wildman–Crippen MR) is 49.4 cm³/mol. The minimum atomic E-state index is -0.592. The molecule has 0 atom stereocenters. The summed E-state index contributed by atoms with van der Waals surface area (Å²) in [4.78, 5) is 11.3. The molecule has 0 unspecified atom stereocenters. The maximum absolute atomic E-state index is 13.1. The standard InChI is InChI=1S/C9H9ClFNO/c10-6-2-1-3-7(11)9(6)8(13)4-5-12/h1-3H,4-5,12H2. The van der Waals surface area contributed by atoms with Gasteiger partial charge in [-0.25, -0.2) is 4.39 Å². The van der Waals surface area contributed by atoms with Crippen molar-refractivity contribution in [3.63, 3.8) is 0 Å². The van der Waals surface area contributed by atoms with E-state index in [0.29, 0.717) is 0 Å². The fourth-order valence-corrected chi connectivity index (χ4v) is 1.29. The second-order valence-corrected chi connectivity index (χ2v) is 2.97. The topological polar surface area (TPSA) is 43.1 Å². The smallest absolute Gasteiger partial charge is 0.168 e. The van der Waals surface area contributed by atoms with Gasteiger partial charge in [-0.05, 0) is 18.7 Å². The highest BCUT2D eigenvalue weighted by atomic mass is 35.5. The summed E-state index contributed by atoms with van der Waals surface area (Å²) in [6.45, 7) is 0.198. The summed E-state index contributed by atoms with van der Waals surface area (Å²) < 4.78 is 13.1. The van der Waals surface area contributed by atoms with Gasteiger partial charge in [-0.1, -0.05) is 17.7 Å². The number of carbonyl (C=O) groups is 1. The van der Waals surface area contributed by atoms with Crippen LogP contribution in [0, 0.1) is 5.82 Å². The third kappa shape index (κ3) is 2.26. The molecule has 0 saturated heterocycles. The molecule has 0 aliphatic rings. The molecule has 4 heteroatoms. The summed E-state index contributed by atoms with van der Waals surface area (Å²) in [6, 6.07) is 4.14. The van der Waals surface area contributed by atoms with E-state index in [4.69, 9.17) is 17.3 Å². The largest absolute Gasteiger partial charge is 0.330 e. The van der Waals surface area contributed by atoms with Gasteiger partial charge in [-0.2, -0.15) is 0 Å². The van der Waals surface area contributed by atoms with Gasteiger partial charge in [-0.15, -0.1) is 0 Å². The third-order valence-electron chi connectivity index (χ3n) is 1.61. The Morgan fingerprint density at radius 2 is 2.23 bits per heavy atom. The molecule has 1 aromatic carbocycles. The highest BCUT2D eigenvalue weighted by Crippen LogP contribution is 2.20. The van der Waals surface area contributed by atoms with E-state index in [1.54, 1.807) is 0 Å². The maximum Gasteiger partial charge on any atom is 0.168 e. The molecule has 0 saturated carbocycles. The summed E-state index contributed by atoms with van der Waals surface area (Å²) in [5.41, 5.74) is 5.12. The molecule has 1 aromatic rings. The summed E-state index contributed by atoms with van der Waals surface area (Å²) in [6.07, 6.45) is 0.112. The highest BCUT2D eigenvalue weighted by Gasteiger charge is 2.14. The molecule has 0 aromatic heterocycles. The van der Waals surface area contributed by atoms with E-state index in [9.17, 15) is 9.18 Å². The van der Waals surface area contributed by atoms with Gasteiger partial charge in [0.25, 0.3) is 0 Å². The van der Waals surface area contributed by atoms with Crippen LogP contribution in [-0.2, 0) is 0 Å². The zero-order valence-electron chi connectivity index (χ0n) is 6.89. The van der Waals surface area contributed by atoms with Gasteiger partial charge in [0, 0.05) is 6.42 Å². The van der Waals surface area contributed by atoms with E-state index in [1.165, 1.54) is 18.2 Å². The normalized spacial score (nSPS) is 10.1. The molecule has 13 heavy (non-hydrogen) atoms. The van der Waals surface area contributed by atoms with E-state index >= 15 is 0 Å². The maximum atomic E-state index is 13.1. The summed E-state index contributed by atoms with van der Waals surface area (Å²) in [5.74, 6) is -0.948. The molecular formula is C9H9ClFNO. The number of rotatable bonds is 3. The fraction of sp³-hybridized carbons (Fsp3) is 0.222. The van der Waals surface area contributed by atoms with Crippen molar-refractivity contribution >= 4 is 17.4 Å². The van der Waals surface area contributed by atoms with E-state index in [0.717, 1.165) is 0 Å². The molecule has 0 amide bonds. The van der Waals surface area contributed by atoms with Crippen molar-refractivity contribution in [2.24, 2.45) is 5.73 Å². The summed E-state index contributed by atoms with van der Waals surface area (Å²) >= 11 is 5.66. The number of nitrogens with two attached hydrogens (primary N) is 1. The Bertz CT molecular complexity index is 307. The van der Waals surface area contributed by atoms with Crippen LogP contribution in [0.1, 0.15) is 16.8 Å². The summed E-state index contributed by atoms with van der Waals surface area (Å²) in [7, 11) is 0. The van der Waals surface area contributed by atoms with E-state index in [2.05, 4.69) is 0 Å². The second-order valence-electron chi connectivity index (χ2n) is 2.56. The van der Waals surface area contributed by atoms with Crippen molar-refractivity contribution in [1.29, 1.82) is 0 Å². The van der Waals surface area contributed by atoms with Crippen LogP contribution in [-0.4, -0.2) is 12.3 Å². The third-order valence-corrected chi connectivity index (χ3v) is 1.93. The van der Waals surface area contributed by atoms with E-state index in [1.807, 2.05) is 0 Å². The number of halogens is 2. The van der Waals surface area contributed by atoms with Crippen molar-refractivity contribution in [2.75, 3.05) is 6.54 Å². The fourth-order valence-electron chi connectivity index (χ4n) is 1.02. The lowest BCUT2D eigenvalue weighted by Gasteiger charge is -2.02. The lowest BCUT2D eigenvalue weighted by molar-refractivity contribution is 0.0982. The molecule has 0 aliphatic carbocycles. The van der Waals surface area contributed by atoms with Crippen LogP contribution >= 0.6 is 11.6 Å². The number of hydrogen-bond donors (Lipinski definition) is 1. The van der Waals surface area contributed by atoms with E-state index < -0.39 is 5.82 Å². The molecule has 2 N–H and O–H groups in total. The molecule has 70 valence electrons. The zero-order valence-corrected chi connectivity index (χ0v) is 7.64. The molecule has 1 rings (SSSR count). The van der Waals surface area contributed by atoms with Crippen LogP contribution in [0.2, 0.25) is 5.02 Å². The Balaban J connectivity index is 3.05. The van der Waals surface area contributed by atoms with Gasteiger partial charge < -0.3 is 5.73 Å². The molecular weight excluding hydrogens is 193 g/mol. The van der Waals surface area contributed by atoms with Gasteiger partial charge in [-0.3, -0.25) is 4.79 Å². The zero-order chi connectivity index (χ0) is 9.84. The van der Waals surface area contributed by atoms with Crippen LogP contribution in [0.4, 0.5) is 4.39 Å². The van der Waals surface area contributed by atoms with Crippen LogP contribution in [0.3, 0.4) is 0 Å². The summed E-state index contributed by atoms with van der Waals surface area (Å²) in [5, 5.41) is 0.137. The van der Waals surface area contributed by atoms with Crippen molar-refractivity contribution < 1.29 is 9.18 Å². The average molecular weight is 202 g/mol. The van der Waals surface area contributed by atoms with Gasteiger partial charge >= 0.3 is 0 Å². The highest BCUT2D eigenvalue weighted by molar-refractivity contribution is 6.34. The minimum Gasteiger partial charge on any atom is -0.330 e. The minimum absolute atomic E-state index is 0.0605. The molecule has 0 aliphatic heterocycles. The van der Waals surface area contributed by atoms with Gasteiger partial charge in [0.15, 0.2) is 5.78 Å². The monoisotopic (exact) mass is 201 g/mol. The molecule has 0 heterocycles. The molecule has 0 radical (unpaired) electrons. The first-order valence-electron chi connectivity index (χ1n) is 3.84. The second kappa shape index (κ2) is 4.35. The molecule has 2 nitrogen and oxygen atoms in total. The Hall–Kier alpha value is -0.930. The van der Waals surface area contributed by atoms with E-state index in [-0.39, 0.29) is 29.3 Å². The van der Waals surface area contributed by atoms with Crippen molar-refractivity contribution in [3.05, 3.63) is 34.6 Å². The average Bonchev–Trinajstić information content (AvgIpc) is 2.04. The van der Waals surface area contributed by atoms with Crippen LogP contribution in [0.25, 0.3) is 0 Å². The number of benzene rings is 1. The number of Topliss-reactive ketones (excluding diaryl/α,β-unsaturated/α-hetero) is 1. The van der Waals surface area contributed by atoms with Gasteiger partial charge in [0.2, 0.25) is 0 Å². The number of ketones is 1. The lowest BCUT2D eigenvalue weighted by Crippen LogP contribution is -2.10. The number of hydrogen-bond acceptors (Lipinski definition) is 2. The lowest BCUT2D eigenvalue weighted by atomic mass is 10.1. The first kappa shape index (κ1) is 10.2. The van der Waals surface area contributed by atoms with Crippen LogP contribution < -0.4 is 5.73 Å². The predicted octanol–water partition coefficient (Wildman–Crippen LogP) is 2.01. The first-order valence-corrected chi connectivity index (χ1v) is 4.22. The molecule has 0 fully saturated rings. The quantitative estimate of drug-likeness (QED) is 0.761. The Kier molecular flexibility index (Phi) is 3.39. The molecule has 0 bridgehead atoms. The van der Waals surface area contributed by atoms with Crippen LogP contribution in [0.5, 0.6) is 0 Å². The van der Waals surface area contributed by atoms with Gasteiger partial charge in [0.1, 0.15) is 5.82 Å². The van der Waals surface area contributed by atoms with Crippen molar-refractivity contribution in [1.82, 2.24) is 0 Å². The number of carbonyl (C=O) groups excluding carboxylic acids is 1. The Labute approximate surface area is 80.5 Å². The Morgan fingerprint density at radius 3 is 2.77 bits per heavy atom. The Morgan fingerprint density at radius 1 is 1.54 bits per heavy atom. The first-order chi connectivity index (χ1) is 6.16. The van der Waals surface area contributed by atoms with Crippen molar-refractivity contribution in [3.8, 4) is 0 Å². The van der Waals surface area contributed by atoms with Crippen LogP contribution in [0.15, 0.2) is 18.2 Å². The van der Waals surface area contributed by atoms with Gasteiger partial charge in [0.05, 0.1) is 10.6 Å². The SMILES string of the molecule is NCCC(=O)c1c(F)cccc1Cl.